The number of aliphatic hydroxyl groups is 1. The lowest BCUT2D eigenvalue weighted by Crippen LogP contribution is -2.14. The van der Waals surface area contributed by atoms with Crippen LogP contribution in [-0.2, 0) is 11.3 Å². The fourth-order valence-electron chi connectivity index (χ4n) is 1.38. The van der Waals surface area contributed by atoms with Gasteiger partial charge < -0.3 is 19.9 Å². The Hall–Kier alpha value is -1.17. The fourth-order valence-corrected chi connectivity index (χ4v) is 1.38. The topological polar surface area (TPSA) is 63.6 Å². The van der Waals surface area contributed by atoms with E-state index < -0.39 is 0 Å². The first kappa shape index (κ1) is 14.9. The molecule has 102 valence electrons. The molecule has 2 N–H and O–H groups in total. The highest BCUT2D eigenvalue weighted by atomic mass is 16.5. The van der Waals surface area contributed by atoms with Crippen LogP contribution in [0.5, 0.6) is 5.75 Å². The lowest BCUT2D eigenvalue weighted by atomic mass is 10.3. The largest absolute Gasteiger partial charge is 0.490 e. The van der Waals surface area contributed by atoms with Gasteiger partial charge in [-0.15, -0.1) is 0 Å². The Balaban J connectivity index is 2.19. The summed E-state index contributed by atoms with van der Waals surface area (Å²) in [6.45, 7) is 5.26. The van der Waals surface area contributed by atoms with E-state index in [4.69, 9.17) is 14.6 Å². The zero-order chi connectivity index (χ0) is 13.1. The van der Waals surface area contributed by atoms with E-state index in [-0.39, 0.29) is 6.61 Å². The second-order valence-electron chi connectivity index (χ2n) is 3.85. The SMILES string of the molecule is CCCNCc1ccc(OCCOCCO)cn1. The number of rotatable bonds is 10. The number of pyridine rings is 1. The van der Waals surface area contributed by atoms with Gasteiger partial charge in [0.25, 0.3) is 0 Å². The highest BCUT2D eigenvalue weighted by molar-refractivity contribution is 5.19. The van der Waals surface area contributed by atoms with Gasteiger partial charge in [-0.2, -0.15) is 0 Å². The van der Waals surface area contributed by atoms with Crippen molar-refractivity contribution in [3.63, 3.8) is 0 Å². The molecule has 1 aromatic heterocycles. The molecule has 0 aliphatic carbocycles. The first-order chi connectivity index (χ1) is 8.86. The smallest absolute Gasteiger partial charge is 0.137 e. The predicted molar refractivity (Wildman–Crippen MR) is 69.6 cm³/mol. The summed E-state index contributed by atoms with van der Waals surface area (Å²) in [4.78, 5) is 4.30. The number of nitrogens with zero attached hydrogens (tertiary/aromatic N) is 1. The van der Waals surface area contributed by atoms with E-state index in [1.165, 1.54) is 0 Å². The van der Waals surface area contributed by atoms with Crippen molar-refractivity contribution in [2.45, 2.75) is 19.9 Å². The zero-order valence-electron chi connectivity index (χ0n) is 10.9. The third kappa shape index (κ3) is 6.54. The second kappa shape index (κ2) is 9.82. The fraction of sp³-hybridized carbons (Fsp3) is 0.615. The normalized spacial score (nSPS) is 10.6. The van der Waals surface area contributed by atoms with Crippen LogP contribution in [-0.4, -0.2) is 43.1 Å². The Labute approximate surface area is 108 Å². The van der Waals surface area contributed by atoms with Gasteiger partial charge in [0.05, 0.1) is 31.7 Å². The second-order valence-corrected chi connectivity index (χ2v) is 3.85. The van der Waals surface area contributed by atoms with Crippen molar-refractivity contribution in [1.29, 1.82) is 0 Å². The lowest BCUT2D eigenvalue weighted by molar-refractivity contribution is 0.0704. The van der Waals surface area contributed by atoms with Gasteiger partial charge in [0.15, 0.2) is 0 Å². The predicted octanol–water partition coefficient (Wildman–Crippen LogP) is 0.969. The lowest BCUT2D eigenvalue weighted by Gasteiger charge is -2.07. The molecule has 5 heteroatoms. The van der Waals surface area contributed by atoms with Crippen molar-refractivity contribution >= 4 is 0 Å². The van der Waals surface area contributed by atoms with E-state index in [0.717, 1.165) is 31.0 Å². The summed E-state index contributed by atoms with van der Waals surface area (Å²) in [6, 6.07) is 3.86. The summed E-state index contributed by atoms with van der Waals surface area (Å²) in [5.41, 5.74) is 1.01. The van der Waals surface area contributed by atoms with Gasteiger partial charge in [-0.25, -0.2) is 0 Å². The van der Waals surface area contributed by atoms with E-state index in [9.17, 15) is 0 Å². The molecule has 0 aliphatic heterocycles. The summed E-state index contributed by atoms with van der Waals surface area (Å²) in [7, 11) is 0. The van der Waals surface area contributed by atoms with Crippen LogP contribution in [0.3, 0.4) is 0 Å². The molecule has 0 saturated carbocycles. The van der Waals surface area contributed by atoms with Crippen molar-refractivity contribution < 1.29 is 14.6 Å². The maximum Gasteiger partial charge on any atom is 0.137 e. The summed E-state index contributed by atoms with van der Waals surface area (Å²) in [5.74, 6) is 0.738. The van der Waals surface area contributed by atoms with E-state index >= 15 is 0 Å². The maximum absolute atomic E-state index is 8.52. The standard InChI is InChI=1S/C13H22N2O3/c1-2-5-14-10-12-3-4-13(11-15-12)18-9-8-17-7-6-16/h3-4,11,14,16H,2,5-10H2,1H3. The minimum atomic E-state index is 0.0427. The number of nitrogens with one attached hydrogen (secondary N) is 1. The molecule has 0 aromatic carbocycles. The van der Waals surface area contributed by atoms with Gasteiger partial charge in [0.2, 0.25) is 0 Å². The van der Waals surface area contributed by atoms with Gasteiger partial charge in [0.1, 0.15) is 12.4 Å². The number of ether oxygens (including phenoxy) is 2. The third-order valence-electron chi connectivity index (χ3n) is 2.26. The van der Waals surface area contributed by atoms with Crippen molar-refractivity contribution in [2.24, 2.45) is 0 Å². The first-order valence-electron chi connectivity index (χ1n) is 6.34. The van der Waals surface area contributed by atoms with E-state index in [1.807, 2.05) is 12.1 Å². The molecule has 18 heavy (non-hydrogen) atoms. The Morgan fingerprint density at radius 3 is 2.83 bits per heavy atom. The van der Waals surface area contributed by atoms with Gasteiger partial charge in [-0.3, -0.25) is 4.98 Å². The average Bonchev–Trinajstić information content (AvgIpc) is 2.40. The summed E-state index contributed by atoms with van der Waals surface area (Å²) < 4.78 is 10.5. The van der Waals surface area contributed by atoms with Crippen molar-refractivity contribution in [1.82, 2.24) is 10.3 Å². The van der Waals surface area contributed by atoms with Crippen LogP contribution in [0.1, 0.15) is 19.0 Å². The Morgan fingerprint density at radius 1 is 1.28 bits per heavy atom. The van der Waals surface area contributed by atoms with Crippen molar-refractivity contribution in [3.8, 4) is 5.75 Å². The molecule has 1 heterocycles. The molecule has 1 aromatic rings. The number of aromatic nitrogens is 1. The summed E-state index contributed by atoms with van der Waals surface area (Å²) in [5, 5.41) is 11.8. The van der Waals surface area contributed by atoms with Crippen LogP contribution < -0.4 is 10.1 Å². The molecule has 0 spiro atoms. The molecule has 0 atom stereocenters. The van der Waals surface area contributed by atoms with Crippen LogP contribution in [0.4, 0.5) is 0 Å². The van der Waals surface area contributed by atoms with Crippen LogP contribution in [0.2, 0.25) is 0 Å². The monoisotopic (exact) mass is 254 g/mol. The molecule has 0 amide bonds. The molecule has 5 nitrogen and oxygen atoms in total. The van der Waals surface area contributed by atoms with Crippen LogP contribution in [0.25, 0.3) is 0 Å². The minimum Gasteiger partial charge on any atom is -0.490 e. The van der Waals surface area contributed by atoms with E-state index in [1.54, 1.807) is 6.20 Å². The highest BCUT2D eigenvalue weighted by Crippen LogP contribution is 2.08. The van der Waals surface area contributed by atoms with Crippen molar-refractivity contribution in [2.75, 3.05) is 33.0 Å². The number of aliphatic hydroxyl groups excluding tert-OH is 1. The van der Waals surface area contributed by atoms with E-state index in [2.05, 4.69) is 17.2 Å². The maximum atomic E-state index is 8.52. The average molecular weight is 254 g/mol. The Bertz CT molecular complexity index is 304. The molecular formula is C13H22N2O3. The summed E-state index contributed by atoms with van der Waals surface area (Å²) >= 11 is 0. The Kier molecular flexibility index (Phi) is 8.12. The molecule has 0 radical (unpaired) electrons. The minimum absolute atomic E-state index is 0.0427. The van der Waals surface area contributed by atoms with E-state index in [0.29, 0.717) is 19.8 Å². The van der Waals surface area contributed by atoms with Gasteiger partial charge >= 0.3 is 0 Å². The molecule has 0 fully saturated rings. The van der Waals surface area contributed by atoms with Crippen molar-refractivity contribution in [3.05, 3.63) is 24.0 Å². The van der Waals surface area contributed by atoms with Crippen LogP contribution >= 0.6 is 0 Å². The molecule has 1 rings (SSSR count). The molecule has 0 aliphatic rings. The zero-order valence-corrected chi connectivity index (χ0v) is 10.9. The molecule has 0 saturated heterocycles. The summed E-state index contributed by atoms with van der Waals surface area (Å²) in [6.07, 6.45) is 2.84. The first-order valence-corrected chi connectivity index (χ1v) is 6.34. The van der Waals surface area contributed by atoms with Gasteiger partial charge in [0, 0.05) is 6.54 Å². The Morgan fingerprint density at radius 2 is 2.17 bits per heavy atom. The highest BCUT2D eigenvalue weighted by Gasteiger charge is 1.97. The molecule has 0 unspecified atom stereocenters. The molecule has 0 bridgehead atoms. The van der Waals surface area contributed by atoms with Gasteiger partial charge in [-0.1, -0.05) is 6.92 Å². The molecular weight excluding hydrogens is 232 g/mol. The van der Waals surface area contributed by atoms with Crippen LogP contribution in [0.15, 0.2) is 18.3 Å². The number of hydrogen-bond donors (Lipinski definition) is 2. The third-order valence-corrected chi connectivity index (χ3v) is 2.26. The number of hydrogen-bond acceptors (Lipinski definition) is 5. The quantitative estimate of drug-likeness (QED) is 0.609. The van der Waals surface area contributed by atoms with Gasteiger partial charge in [-0.05, 0) is 25.1 Å². The van der Waals surface area contributed by atoms with Crippen LogP contribution in [0, 0.1) is 0 Å².